The molecule has 2 aliphatic carbocycles. The molecule has 108 valence electrons. The Morgan fingerprint density at radius 2 is 1.89 bits per heavy atom. The molecule has 0 heterocycles. The summed E-state index contributed by atoms with van der Waals surface area (Å²) >= 11 is 0. The Balaban J connectivity index is 1.96. The highest BCUT2D eigenvalue weighted by Crippen LogP contribution is 2.62. The zero-order chi connectivity index (χ0) is 14.0. The monoisotopic (exact) mass is 266 g/mol. The van der Waals surface area contributed by atoms with E-state index < -0.39 is 0 Å². The van der Waals surface area contributed by atoms with Crippen LogP contribution < -0.4 is 0 Å². The van der Waals surface area contributed by atoms with Gasteiger partial charge in [0, 0.05) is 5.92 Å². The molecule has 19 heavy (non-hydrogen) atoms. The SMILES string of the molecule is CC=C(CO)C1C(C(=O)OC2CCCCC2)C1(C)C. The fourth-order valence-electron chi connectivity index (χ4n) is 3.56. The quantitative estimate of drug-likeness (QED) is 0.628. The smallest absolute Gasteiger partial charge is 0.310 e. The van der Waals surface area contributed by atoms with Crippen LogP contribution in [0.2, 0.25) is 0 Å². The van der Waals surface area contributed by atoms with Crippen molar-refractivity contribution in [2.75, 3.05) is 6.61 Å². The summed E-state index contributed by atoms with van der Waals surface area (Å²) in [6.45, 7) is 6.13. The van der Waals surface area contributed by atoms with E-state index in [0.29, 0.717) is 0 Å². The van der Waals surface area contributed by atoms with Crippen molar-refractivity contribution in [3.05, 3.63) is 11.6 Å². The van der Waals surface area contributed by atoms with Crippen molar-refractivity contribution in [3.63, 3.8) is 0 Å². The molecular formula is C16H26O3. The fraction of sp³-hybridized carbons (Fsp3) is 0.812. The summed E-state index contributed by atoms with van der Waals surface area (Å²) in [6, 6.07) is 0. The van der Waals surface area contributed by atoms with Gasteiger partial charge in [0.05, 0.1) is 12.5 Å². The second kappa shape index (κ2) is 5.66. The number of hydrogen-bond donors (Lipinski definition) is 1. The van der Waals surface area contributed by atoms with Crippen LogP contribution in [0.1, 0.15) is 52.9 Å². The van der Waals surface area contributed by atoms with E-state index in [4.69, 9.17) is 4.74 Å². The van der Waals surface area contributed by atoms with Gasteiger partial charge in [0.25, 0.3) is 0 Å². The Kier molecular flexibility index (Phi) is 4.34. The molecule has 0 amide bonds. The first-order chi connectivity index (χ1) is 9.02. The number of aliphatic hydroxyl groups excluding tert-OH is 1. The van der Waals surface area contributed by atoms with Gasteiger partial charge in [0.2, 0.25) is 0 Å². The summed E-state index contributed by atoms with van der Waals surface area (Å²) in [5.74, 6) is 0.0149. The van der Waals surface area contributed by atoms with Gasteiger partial charge in [-0.15, -0.1) is 0 Å². The first kappa shape index (κ1) is 14.6. The summed E-state index contributed by atoms with van der Waals surface area (Å²) in [4.78, 5) is 12.3. The molecule has 0 aromatic heterocycles. The molecular weight excluding hydrogens is 240 g/mol. The molecule has 0 aliphatic heterocycles. The van der Waals surface area contributed by atoms with E-state index >= 15 is 0 Å². The number of esters is 1. The summed E-state index contributed by atoms with van der Waals surface area (Å²) in [5.41, 5.74) is 0.895. The minimum Gasteiger partial charge on any atom is -0.462 e. The third-order valence-electron chi connectivity index (χ3n) is 4.87. The van der Waals surface area contributed by atoms with Gasteiger partial charge in [0.1, 0.15) is 6.10 Å². The number of carbonyl (C=O) groups excluding carboxylic acids is 1. The Morgan fingerprint density at radius 3 is 2.42 bits per heavy atom. The van der Waals surface area contributed by atoms with Crippen LogP contribution in [0.4, 0.5) is 0 Å². The van der Waals surface area contributed by atoms with Crippen LogP contribution in [-0.2, 0) is 9.53 Å². The summed E-state index contributed by atoms with van der Waals surface area (Å²) in [6.07, 6.45) is 7.69. The van der Waals surface area contributed by atoms with Crippen molar-refractivity contribution >= 4 is 5.97 Å². The number of aliphatic hydroxyl groups is 1. The molecule has 2 fully saturated rings. The van der Waals surface area contributed by atoms with E-state index in [1.54, 1.807) is 0 Å². The van der Waals surface area contributed by atoms with Crippen LogP contribution in [0.5, 0.6) is 0 Å². The molecule has 2 saturated carbocycles. The van der Waals surface area contributed by atoms with Gasteiger partial charge in [-0.05, 0) is 43.6 Å². The van der Waals surface area contributed by atoms with Crippen molar-refractivity contribution in [3.8, 4) is 0 Å². The number of rotatable bonds is 4. The maximum atomic E-state index is 12.3. The molecule has 2 atom stereocenters. The summed E-state index contributed by atoms with van der Waals surface area (Å²) < 4.78 is 5.67. The van der Waals surface area contributed by atoms with Crippen LogP contribution in [-0.4, -0.2) is 23.8 Å². The Hall–Kier alpha value is -0.830. The molecule has 0 radical (unpaired) electrons. The molecule has 0 bridgehead atoms. The van der Waals surface area contributed by atoms with Gasteiger partial charge in [-0.3, -0.25) is 4.79 Å². The van der Waals surface area contributed by atoms with Gasteiger partial charge >= 0.3 is 5.97 Å². The van der Waals surface area contributed by atoms with Crippen molar-refractivity contribution < 1.29 is 14.6 Å². The maximum absolute atomic E-state index is 12.3. The van der Waals surface area contributed by atoms with E-state index in [-0.39, 0.29) is 35.9 Å². The lowest BCUT2D eigenvalue weighted by Crippen LogP contribution is -2.23. The van der Waals surface area contributed by atoms with Crippen molar-refractivity contribution in [2.24, 2.45) is 17.3 Å². The second-order valence-corrected chi connectivity index (χ2v) is 6.50. The third-order valence-corrected chi connectivity index (χ3v) is 4.87. The van der Waals surface area contributed by atoms with Crippen LogP contribution in [0, 0.1) is 17.3 Å². The molecule has 0 aromatic rings. The van der Waals surface area contributed by atoms with Gasteiger partial charge in [-0.2, -0.15) is 0 Å². The Labute approximate surface area is 116 Å². The fourth-order valence-corrected chi connectivity index (χ4v) is 3.56. The molecule has 2 rings (SSSR count). The van der Waals surface area contributed by atoms with E-state index in [0.717, 1.165) is 18.4 Å². The van der Waals surface area contributed by atoms with E-state index in [2.05, 4.69) is 13.8 Å². The van der Waals surface area contributed by atoms with Gasteiger partial charge in [-0.25, -0.2) is 0 Å². The second-order valence-electron chi connectivity index (χ2n) is 6.50. The Bertz CT molecular complexity index is 364. The highest BCUT2D eigenvalue weighted by molar-refractivity contribution is 5.79. The standard InChI is InChI=1S/C16H26O3/c1-4-11(10-17)13-14(16(13,2)3)15(18)19-12-8-6-5-7-9-12/h4,12-14,17H,5-10H2,1-3H3. The molecule has 3 heteroatoms. The molecule has 3 nitrogen and oxygen atoms in total. The number of allylic oxidation sites excluding steroid dienone is 1. The lowest BCUT2D eigenvalue weighted by atomic mass is 9.98. The normalized spacial score (nSPS) is 31.1. The number of ether oxygens (including phenoxy) is 1. The average Bonchev–Trinajstić information content (AvgIpc) is 2.95. The molecule has 2 unspecified atom stereocenters. The topological polar surface area (TPSA) is 46.5 Å². The average molecular weight is 266 g/mol. The zero-order valence-corrected chi connectivity index (χ0v) is 12.3. The predicted octanol–water partition coefficient (Wildman–Crippen LogP) is 3.07. The molecule has 0 aromatic carbocycles. The van der Waals surface area contributed by atoms with Crippen molar-refractivity contribution in [1.29, 1.82) is 0 Å². The number of hydrogen-bond acceptors (Lipinski definition) is 3. The zero-order valence-electron chi connectivity index (χ0n) is 12.3. The van der Waals surface area contributed by atoms with E-state index in [1.807, 2.05) is 13.0 Å². The number of carbonyl (C=O) groups is 1. The molecule has 2 aliphatic rings. The minimum atomic E-state index is -0.0761. The lowest BCUT2D eigenvalue weighted by molar-refractivity contribution is -0.153. The Morgan fingerprint density at radius 1 is 1.26 bits per heavy atom. The molecule has 0 spiro atoms. The minimum absolute atomic E-state index is 0.0395. The van der Waals surface area contributed by atoms with Crippen LogP contribution in [0.15, 0.2) is 11.6 Å². The van der Waals surface area contributed by atoms with Crippen molar-refractivity contribution in [1.82, 2.24) is 0 Å². The first-order valence-electron chi connectivity index (χ1n) is 7.48. The molecule has 0 saturated heterocycles. The van der Waals surface area contributed by atoms with Crippen LogP contribution in [0.3, 0.4) is 0 Å². The maximum Gasteiger partial charge on any atom is 0.310 e. The largest absolute Gasteiger partial charge is 0.462 e. The summed E-state index contributed by atoms with van der Waals surface area (Å²) in [7, 11) is 0. The van der Waals surface area contributed by atoms with Crippen molar-refractivity contribution in [2.45, 2.75) is 59.0 Å². The molecule has 1 N–H and O–H groups in total. The van der Waals surface area contributed by atoms with Gasteiger partial charge in [0.15, 0.2) is 0 Å². The van der Waals surface area contributed by atoms with Crippen LogP contribution >= 0.6 is 0 Å². The highest BCUT2D eigenvalue weighted by atomic mass is 16.5. The van der Waals surface area contributed by atoms with Gasteiger partial charge < -0.3 is 9.84 Å². The highest BCUT2D eigenvalue weighted by Gasteiger charge is 2.63. The van der Waals surface area contributed by atoms with Gasteiger partial charge in [-0.1, -0.05) is 26.3 Å². The van der Waals surface area contributed by atoms with Crippen LogP contribution in [0.25, 0.3) is 0 Å². The lowest BCUT2D eigenvalue weighted by Gasteiger charge is -2.22. The van der Waals surface area contributed by atoms with E-state index in [9.17, 15) is 9.90 Å². The van der Waals surface area contributed by atoms with E-state index in [1.165, 1.54) is 19.3 Å². The summed E-state index contributed by atoms with van der Waals surface area (Å²) in [5, 5.41) is 9.37. The third kappa shape index (κ3) is 2.86. The first-order valence-corrected chi connectivity index (χ1v) is 7.48. The predicted molar refractivity (Wildman–Crippen MR) is 74.6 cm³/mol.